The van der Waals surface area contributed by atoms with Gasteiger partial charge in [0.1, 0.15) is 0 Å². The van der Waals surface area contributed by atoms with Crippen LogP contribution in [0.5, 0.6) is 0 Å². The van der Waals surface area contributed by atoms with Crippen LogP contribution < -0.4 is 10.6 Å². The van der Waals surface area contributed by atoms with Crippen LogP contribution in [-0.4, -0.2) is 35.5 Å². The molecule has 3 aromatic rings. The van der Waals surface area contributed by atoms with Crippen molar-refractivity contribution in [3.63, 3.8) is 0 Å². The predicted molar refractivity (Wildman–Crippen MR) is 143 cm³/mol. The van der Waals surface area contributed by atoms with E-state index in [-0.39, 0.29) is 17.8 Å². The van der Waals surface area contributed by atoms with Gasteiger partial charge in [0.05, 0.1) is 18.2 Å². The highest BCUT2D eigenvalue weighted by molar-refractivity contribution is 7.80. The third-order valence-electron chi connectivity index (χ3n) is 6.06. The first-order chi connectivity index (χ1) is 16.8. The predicted octanol–water partition coefficient (Wildman–Crippen LogP) is 5.43. The average Bonchev–Trinajstić information content (AvgIpc) is 2.85. The van der Waals surface area contributed by atoms with E-state index in [0.717, 1.165) is 22.0 Å². The van der Waals surface area contributed by atoms with Crippen LogP contribution in [0.1, 0.15) is 42.7 Å². The zero-order chi connectivity index (χ0) is 25.1. The zero-order valence-corrected chi connectivity index (χ0v) is 21.1. The summed E-state index contributed by atoms with van der Waals surface area (Å²) in [4.78, 5) is 27.7. The maximum absolute atomic E-state index is 13.0. The lowest BCUT2D eigenvalue weighted by Gasteiger charge is -2.35. The van der Waals surface area contributed by atoms with E-state index in [9.17, 15) is 9.59 Å². The van der Waals surface area contributed by atoms with Crippen molar-refractivity contribution in [2.45, 2.75) is 26.8 Å². The van der Waals surface area contributed by atoms with Gasteiger partial charge in [-0.1, -0.05) is 62.4 Å². The first-order valence-electron chi connectivity index (χ1n) is 11.6. The van der Waals surface area contributed by atoms with Crippen LogP contribution in [0.25, 0.3) is 10.8 Å². The molecule has 0 aliphatic carbocycles. The molecule has 0 bridgehead atoms. The van der Waals surface area contributed by atoms with E-state index in [2.05, 4.69) is 10.6 Å². The molecule has 1 aliphatic heterocycles. The minimum atomic E-state index is -0.443. The van der Waals surface area contributed by atoms with Crippen LogP contribution in [0.3, 0.4) is 0 Å². The van der Waals surface area contributed by atoms with Crippen molar-refractivity contribution in [2.75, 3.05) is 19.0 Å². The van der Waals surface area contributed by atoms with Crippen LogP contribution in [0.4, 0.5) is 5.69 Å². The van der Waals surface area contributed by atoms with Crippen molar-refractivity contribution >= 4 is 45.7 Å². The molecule has 0 spiro atoms. The molecule has 0 radical (unpaired) electrons. The van der Waals surface area contributed by atoms with Crippen molar-refractivity contribution in [3.8, 4) is 0 Å². The summed E-state index contributed by atoms with van der Waals surface area (Å²) in [6.45, 7) is 6.20. The molecule has 0 saturated heterocycles. The molecule has 35 heavy (non-hydrogen) atoms. The highest BCUT2D eigenvalue weighted by atomic mass is 32.1. The van der Waals surface area contributed by atoms with Crippen molar-refractivity contribution in [1.29, 1.82) is 0 Å². The normalized spacial score (nSPS) is 15.9. The molecule has 1 unspecified atom stereocenters. The number of anilines is 1. The maximum atomic E-state index is 13.0. The van der Waals surface area contributed by atoms with Gasteiger partial charge in [-0.3, -0.25) is 4.79 Å². The number of fused-ring (bicyclic) bond motifs is 1. The largest absolute Gasteiger partial charge is 0.462 e. The third-order valence-corrected chi connectivity index (χ3v) is 6.45. The topological polar surface area (TPSA) is 70.7 Å². The van der Waals surface area contributed by atoms with E-state index >= 15 is 0 Å². The van der Waals surface area contributed by atoms with E-state index in [1.807, 2.05) is 94.5 Å². The van der Waals surface area contributed by atoms with E-state index in [0.29, 0.717) is 28.5 Å². The van der Waals surface area contributed by atoms with Gasteiger partial charge >= 0.3 is 5.97 Å². The first kappa shape index (κ1) is 24.4. The molecule has 0 saturated carbocycles. The Bertz CT molecular complexity index is 1310. The Labute approximate surface area is 211 Å². The molecule has 4 rings (SSSR count). The van der Waals surface area contributed by atoms with Gasteiger partial charge in [-0.05, 0) is 59.6 Å². The second-order valence-electron chi connectivity index (χ2n) is 9.04. The van der Waals surface area contributed by atoms with Crippen molar-refractivity contribution in [3.05, 3.63) is 89.1 Å². The first-order valence-corrected chi connectivity index (χ1v) is 12.0. The molecule has 0 aromatic heterocycles. The van der Waals surface area contributed by atoms with Gasteiger partial charge in [0.15, 0.2) is 5.11 Å². The fraction of sp³-hybridized carbons (Fsp3) is 0.250. The second-order valence-corrected chi connectivity index (χ2v) is 9.42. The van der Waals surface area contributed by atoms with Gasteiger partial charge in [-0.25, -0.2) is 4.79 Å². The van der Waals surface area contributed by atoms with Crippen LogP contribution >= 0.6 is 12.2 Å². The Kier molecular flexibility index (Phi) is 7.17. The van der Waals surface area contributed by atoms with Crippen molar-refractivity contribution in [2.24, 2.45) is 5.92 Å². The lowest BCUT2D eigenvalue weighted by Crippen LogP contribution is -2.46. The van der Waals surface area contributed by atoms with Crippen LogP contribution in [-0.2, 0) is 9.53 Å². The van der Waals surface area contributed by atoms with E-state index in [4.69, 9.17) is 17.0 Å². The maximum Gasteiger partial charge on any atom is 0.338 e. The minimum absolute atomic E-state index is 0.179. The lowest BCUT2D eigenvalue weighted by atomic mass is 9.95. The van der Waals surface area contributed by atoms with Crippen LogP contribution in [0, 0.1) is 5.92 Å². The number of carbonyl (C=O) groups excluding carboxylic acids is 2. The Morgan fingerprint density at radius 3 is 2.46 bits per heavy atom. The summed E-state index contributed by atoms with van der Waals surface area (Å²) >= 11 is 5.48. The highest BCUT2D eigenvalue weighted by Gasteiger charge is 2.33. The lowest BCUT2D eigenvalue weighted by molar-refractivity contribution is -0.140. The fourth-order valence-corrected chi connectivity index (χ4v) is 4.31. The SMILES string of the molecule is CC1=C(C(=O)OCC(C)C)C(c2ccc(NC(=O)c3cccc4ccccc34)cc2)NC(=S)N1C. The molecule has 3 aromatic carbocycles. The Morgan fingerprint density at radius 2 is 1.74 bits per heavy atom. The van der Waals surface area contributed by atoms with Gasteiger partial charge in [-0.2, -0.15) is 0 Å². The number of rotatable bonds is 6. The van der Waals surface area contributed by atoms with E-state index in [1.54, 1.807) is 4.90 Å². The number of amides is 1. The number of ether oxygens (including phenoxy) is 1. The summed E-state index contributed by atoms with van der Waals surface area (Å²) in [5, 5.41) is 8.67. The average molecular weight is 488 g/mol. The second kappa shape index (κ2) is 10.3. The summed E-state index contributed by atoms with van der Waals surface area (Å²) < 4.78 is 5.55. The molecule has 180 valence electrons. The Morgan fingerprint density at radius 1 is 1.06 bits per heavy atom. The van der Waals surface area contributed by atoms with Gasteiger partial charge in [-0.15, -0.1) is 0 Å². The quantitative estimate of drug-likeness (QED) is 0.357. The number of benzene rings is 3. The summed E-state index contributed by atoms with van der Waals surface area (Å²) in [6, 6.07) is 20.5. The van der Waals surface area contributed by atoms with Gasteiger partial charge < -0.3 is 20.3 Å². The van der Waals surface area contributed by atoms with Gasteiger partial charge in [0.2, 0.25) is 0 Å². The number of hydrogen-bond donors (Lipinski definition) is 2. The van der Waals surface area contributed by atoms with E-state index < -0.39 is 6.04 Å². The standard InChI is InChI=1S/C28H29N3O3S/c1-17(2)16-34-27(33)24-18(3)31(4)28(35)30-25(24)20-12-14-21(15-13-20)29-26(32)23-11-7-9-19-8-5-6-10-22(19)23/h5-15,17,25H,16H2,1-4H3,(H,29,32)(H,30,35). The smallest absolute Gasteiger partial charge is 0.338 e. The Balaban J connectivity index is 1.57. The molecule has 1 aliphatic rings. The molecule has 6 nitrogen and oxygen atoms in total. The van der Waals surface area contributed by atoms with Gasteiger partial charge in [0, 0.05) is 24.0 Å². The van der Waals surface area contributed by atoms with Gasteiger partial charge in [0.25, 0.3) is 5.91 Å². The summed E-state index contributed by atoms with van der Waals surface area (Å²) in [6.07, 6.45) is 0. The Hall–Kier alpha value is -3.71. The van der Waals surface area contributed by atoms with Crippen LogP contribution in [0.2, 0.25) is 0 Å². The molecule has 2 N–H and O–H groups in total. The zero-order valence-electron chi connectivity index (χ0n) is 20.3. The highest BCUT2D eigenvalue weighted by Crippen LogP contribution is 2.31. The fourth-order valence-electron chi connectivity index (χ4n) is 4.05. The summed E-state index contributed by atoms with van der Waals surface area (Å²) in [5.74, 6) is -0.309. The number of carbonyl (C=O) groups is 2. The monoisotopic (exact) mass is 487 g/mol. The minimum Gasteiger partial charge on any atom is -0.462 e. The van der Waals surface area contributed by atoms with Crippen molar-refractivity contribution in [1.82, 2.24) is 10.2 Å². The number of thiocarbonyl (C=S) groups is 1. The molecule has 1 amide bonds. The van der Waals surface area contributed by atoms with E-state index in [1.165, 1.54) is 0 Å². The summed E-state index contributed by atoms with van der Waals surface area (Å²) in [7, 11) is 1.82. The number of esters is 1. The number of allylic oxidation sites excluding steroid dienone is 1. The van der Waals surface area contributed by atoms with Crippen LogP contribution in [0.15, 0.2) is 78.0 Å². The number of hydrogen-bond acceptors (Lipinski definition) is 4. The molecule has 7 heteroatoms. The molecular weight excluding hydrogens is 458 g/mol. The summed E-state index contributed by atoms with van der Waals surface area (Å²) in [5.41, 5.74) is 3.39. The number of nitrogens with zero attached hydrogens (tertiary/aromatic N) is 1. The molecule has 1 atom stereocenters. The van der Waals surface area contributed by atoms with Crippen molar-refractivity contribution < 1.29 is 14.3 Å². The number of nitrogens with one attached hydrogen (secondary N) is 2. The third kappa shape index (κ3) is 5.20. The molecule has 0 fully saturated rings. The molecule has 1 heterocycles. The molecular formula is C28H29N3O3S.